The van der Waals surface area contributed by atoms with E-state index in [0.29, 0.717) is 23.2 Å². The number of carbonyl (C=O) groups is 2. The van der Waals surface area contributed by atoms with Crippen molar-refractivity contribution in [3.05, 3.63) is 23.3 Å². The molecule has 0 saturated carbocycles. The Kier molecular flexibility index (Phi) is 3.50. The SMILES string of the molecule is CCc1c(O)ccc(C)c1NC(=O)C(=O)O. The summed E-state index contributed by atoms with van der Waals surface area (Å²) in [5.41, 5.74) is 1.62. The Hall–Kier alpha value is -2.04. The molecule has 1 aromatic carbocycles. The highest BCUT2D eigenvalue weighted by Gasteiger charge is 2.16. The van der Waals surface area contributed by atoms with Crippen LogP contribution in [0.5, 0.6) is 5.75 Å². The number of hydrogen-bond acceptors (Lipinski definition) is 3. The molecule has 0 heterocycles. The summed E-state index contributed by atoms with van der Waals surface area (Å²) in [6.45, 7) is 3.54. The number of benzene rings is 1. The Balaban J connectivity index is 3.16. The van der Waals surface area contributed by atoms with E-state index in [9.17, 15) is 14.7 Å². The van der Waals surface area contributed by atoms with Crippen LogP contribution in [-0.2, 0) is 16.0 Å². The van der Waals surface area contributed by atoms with Gasteiger partial charge >= 0.3 is 11.9 Å². The fraction of sp³-hybridized carbons (Fsp3) is 0.273. The average Bonchev–Trinajstić information content (AvgIpc) is 2.23. The van der Waals surface area contributed by atoms with Gasteiger partial charge in [0.05, 0.1) is 5.69 Å². The Labute approximate surface area is 92.7 Å². The molecule has 0 atom stereocenters. The molecule has 0 radical (unpaired) electrons. The van der Waals surface area contributed by atoms with Gasteiger partial charge in [-0.25, -0.2) is 4.79 Å². The highest BCUT2D eigenvalue weighted by atomic mass is 16.4. The maximum atomic E-state index is 11.1. The number of rotatable bonds is 2. The third-order valence-electron chi connectivity index (χ3n) is 2.28. The van der Waals surface area contributed by atoms with Crippen LogP contribution in [0.25, 0.3) is 0 Å². The lowest BCUT2D eigenvalue weighted by atomic mass is 10.0. The standard InChI is InChI=1S/C11H13NO4/c1-3-7-8(13)5-4-6(2)9(7)12-10(14)11(15)16/h4-5,13H,3H2,1-2H3,(H,12,14)(H,15,16). The summed E-state index contributed by atoms with van der Waals surface area (Å²) < 4.78 is 0. The number of aryl methyl sites for hydroxylation is 1. The summed E-state index contributed by atoms with van der Waals surface area (Å²) in [4.78, 5) is 21.5. The van der Waals surface area contributed by atoms with Crippen molar-refractivity contribution in [3.8, 4) is 5.75 Å². The number of aromatic hydroxyl groups is 1. The van der Waals surface area contributed by atoms with Crippen LogP contribution in [0, 0.1) is 6.92 Å². The summed E-state index contributed by atoms with van der Waals surface area (Å²) in [5.74, 6) is -2.61. The second kappa shape index (κ2) is 4.65. The monoisotopic (exact) mass is 223 g/mol. The van der Waals surface area contributed by atoms with Crippen LogP contribution in [0.1, 0.15) is 18.1 Å². The topological polar surface area (TPSA) is 86.6 Å². The van der Waals surface area contributed by atoms with Gasteiger partial charge in [-0.05, 0) is 25.0 Å². The van der Waals surface area contributed by atoms with Gasteiger partial charge in [0.2, 0.25) is 0 Å². The Morgan fingerprint density at radius 2 is 2.00 bits per heavy atom. The van der Waals surface area contributed by atoms with Crippen LogP contribution < -0.4 is 5.32 Å². The molecule has 0 aliphatic heterocycles. The van der Waals surface area contributed by atoms with Crippen molar-refractivity contribution in [3.63, 3.8) is 0 Å². The summed E-state index contributed by atoms with van der Waals surface area (Å²) >= 11 is 0. The molecule has 0 fully saturated rings. The van der Waals surface area contributed by atoms with Crippen molar-refractivity contribution in [2.24, 2.45) is 0 Å². The smallest absolute Gasteiger partial charge is 0.394 e. The molecule has 0 aliphatic carbocycles. The van der Waals surface area contributed by atoms with Gasteiger partial charge in [-0.15, -0.1) is 0 Å². The van der Waals surface area contributed by atoms with E-state index in [2.05, 4.69) is 5.32 Å². The van der Waals surface area contributed by atoms with Crippen molar-refractivity contribution in [2.75, 3.05) is 5.32 Å². The molecule has 0 saturated heterocycles. The van der Waals surface area contributed by atoms with Crippen molar-refractivity contribution in [2.45, 2.75) is 20.3 Å². The zero-order valence-corrected chi connectivity index (χ0v) is 9.07. The van der Waals surface area contributed by atoms with Crippen LogP contribution in [-0.4, -0.2) is 22.1 Å². The van der Waals surface area contributed by atoms with Gasteiger partial charge in [-0.3, -0.25) is 4.79 Å². The van der Waals surface area contributed by atoms with E-state index in [1.165, 1.54) is 6.07 Å². The molecule has 3 N–H and O–H groups in total. The largest absolute Gasteiger partial charge is 0.508 e. The fourth-order valence-electron chi connectivity index (χ4n) is 1.45. The number of nitrogens with one attached hydrogen (secondary N) is 1. The van der Waals surface area contributed by atoms with Crippen molar-refractivity contribution >= 4 is 17.6 Å². The molecule has 86 valence electrons. The second-order valence-corrected chi connectivity index (χ2v) is 3.37. The number of anilines is 1. The summed E-state index contributed by atoms with van der Waals surface area (Å²) in [7, 11) is 0. The van der Waals surface area contributed by atoms with E-state index in [4.69, 9.17) is 5.11 Å². The maximum absolute atomic E-state index is 11.1. The summed E-state index contributed by atoms with van der Waals surface area (Å²) in [5, 5.41) is 20.3. The molecule has 0 aromatic heterocycles. The van der Waals surface area contributed by atoms with Crippen LogP contribution in [0.3, 0.4) is 0 Å². The first kappa shape index (κ1) is 12.0. The predicted octanol–water partition coefficient (Wildman–Crippen LogP) is 1.29. The lowest BCUT2D eigenvalue weighted by Gasteiger charge is -2.12. The molecule has 16 heavy (non-hydrogen) atoms. The zero-order valence-electron chi connectivity index (χ0n) is 9.07. The second-order valence-electron chi connectivity index (χ2n) is 3.37. The van der Waals surface area contributed by atoms with Crippen molar-refractivity contribution < 1.29 is 19.8 Å². The molecule has 0 aliphatic rings. The number of phenols is 1. The van der Waals surface area contributed by atoms with E-state index >= 15 is 0 Å². The van der Waals surface area contributed by atoms with Crippen LogP contribution in [0.4, 0.5) is 5.69 Å². The van der Waals surface area contributed by atoms with Gasteiger partial charge in [-0.1, -0.05) is 13.0 Å². The first-order valence-electron chi connectivity index (χ1n) is 4.83. The molecular formula is C11H13NO4. The van der Waals surface area contributed by atoms with Gasteiger partial charge in [0.1, 0.15) is 5.75 Å². The minimum atomic E-state index is -1.55. The Morgan fingerprint density at radius 3 is 2.50 bits per heavy atom. The first-order valence-corrected chi connectivity index (χ1v) is 4.83. The zero-order chi connectivity index (χ0) is 12.3. The van der Waals surface area contributed by atoms with E-state index < -0.39 is 11.9 Å². The first-order chi connectivity index (χ1) is 7.47. The third-order valence-corrected chi connectivity index (χ3v) is 2.28. The lowest BCUT2D eigenvalue weighted by molar-refractivity contribution is -0.147. The molecule has 1 amide bonds. The van der Waals surface area contributed by atoms with Gasteiger partial charge < -0.3 is 15.5 Å². The Morgan fingerprint density at radius 1 is 1.38 bits per heavy atom. The maximum Gasteiger partial charge on any atom is 0.394 e. The van der Waals surface area contributed by atoms with Crippen LogP contribution in [0.2, 0.25) is 0 Å². The Bertz CT molecular complexity index is 440. The van der Waals surface area contributed by atoms with Crippen molar-refractivity contribution in [1.82, 2.24) is 0 Å². The van der Waals surface area contributed by atoms with Gasteiger partial charge in [0.25, 0.3) is 0 Å². The molecule has 1 rings (SSSR count). The molecule has 5 heteroatoms. The number of aliphatic carboxylic acids is 1. The van der Waals surface area contributed by atoms with Crippen molar-refractivity contribution in [1.29, 1.82) is 0 Å². The van der Waals surface area contributed by atoms with E-state index in [-0.39, 0.29) is 5.75 Å². The number of hydrogen-bond donors (Lipinski definition) is 3. The highest BCUT2D eigenvalue weighted by molar-refractivity contribution is 6.36. The third kappa shape index (κ3) is 2.31. The number of carboxylic acid groups (broad SMARTS) is 1. The highest BCUT2D eigenvalue weighted by Crippen LogP contribution is 2.29. The van der Waals surface area contributed by atoms with Gasteiger partial charge in [0.15, 0.2) is 0 Å². The molecule has 0 spiro atoms. The number of phenolic OH excluding ortho intramolecular Hbond substituents is 1. The van der Waals surface area contributed by atoms with E-state index in [1.807, 2.05) is 6.92 Å². The number of carbonyl (C=O) groups excluding carboxylic acids is 1. The van der Waals surface area contributed by atoms with Gasteiger partial charge in [0, 0.05) is 5.56 Å². The van der Waals surface area contributed by atoms with Crippen LogP contribution >= 0.6 is 0 Å². The summed E-state index contributed by atoms with van der Waals surface area (Å²) in [6, 6.07) is 3.14. The predicted molar refractivity (Wildman–Crippen MR) is 58.5 cm³/mol. The summed E-state index contributed by atoms with van der Waals surface area (Å²) in [6.07, 6.45) is 0.503. The molecule has 1 aromatic rings. The molecular weight excluding hydrogens is 210 g/mol. The fourth-order valence-corrected chi connectivity index (χ4v) is 1.45. The van der Waals surface area contributed by atoms with E-state index in [0.717, 1.165) is 0 Å². The average molecular weight is 223 g/mol. The number of amides is 1. The van der Waals surface area contributed by atoms with Crippen LogP contribution in [0.15, 0.2) is 12.1 Å². The minimum Gasteiger partial charge on any atom is -0.508 e. The number of carboxylic acids is 1. The normalized spacial score (nSPS) is 9.88. The molecule has 0 bridgehead atoms. The van der Waals surface area contributed by atoms with Gasteiger partial charge in [-0.2, -0.15) is 0 Å². The molecule has 0 unspecified atom stereocenters. The van der Waals surface area contributed by atoms with E-state index in [1.54, 1.807) is 13.0 Å². The lowest BCUT2D eigenvalue weighted by Crippen LogP contribution is -2.23. The minimum absolute atomic E-state index is 0.0498. The quantitative estimate of drug-likeness (QED) is 0.659. The molecule has 5 nitrogen and oxygen atoms in total.